The van der Waals surface area contributed by atoms with Crippen LogP contribution in [0.4, 0.5) is 0 Å². The lowest BCUT2D eigenvalue weighted by atomic mass is 10.1. The highest BCUT2D eigenvalue weighted by Gasteiger charge is 2.20. The summed E-state index contributed by atoms with van der Waals surface area (Å²) >= 11 is 0. The molecule has 0 spiro atoms. The maximum Gasteiger partial charge on any atom is 0.224 e. The van der Waals surface area contributed by atoms with Crippen LogP contribution in [0.1, 0.15) is 24.8 Å². The number of carbonyl (C=O) groups excluding carboxylic acids is 2. The first-order valence-corrected chi connectivity index (χ1v) is 7.49. The number of nitrogens with zero attached hydrogens (tertiary/aromatic N) is 1. The van der Waals surface area contributed by atoms with Gasteiger partial charge in [-0.25, -0.2) is 0 Å². The summed E-state index contributed by atoms with van der Waals surface area (Å²) in [5, 5.41) is 2.80. The minimum absolute atomic E-state index is 0.0466. The average molecular weight is 289 g/mol. The van der Waals surface area contributed by atoms with E-state index in [1.807, 2.05) is 35.2 Å². The van der Waals surface area contributed by atoms with E-state index in [1.165, 1.54) is 0 Å². The lowest BCUT2D eigenvalue weighted by Crippen LogP contribution is -2.43. The third-order valence-corrected chi connectivity index (χ3v) is 3.76. The van der Waals surface area contributed by atoms with Crippen LogP contribution in [0.25, 0.3) is 0 Å². The second kappa shape index (κ2) is 7.78. The highest BCUT2D eigenvalue weighted by molar-refractivity contribution is 5.80. The number of carbonyl (C=O) groups is 2. The first-order chi connectivity index (χ1) is 10.1. The van der Waals surface area contributed by atoms with Gasteiger partial charge in [-0.05, 0) is 18.4 Å². The largest absolute Gasteiger partial charge is 0.355 e. The number of amides is 2. The third kappa shape index (κ3) is 5.19. The second-order valence-corrected chi connectivity index (χ2v) is 5.48. The smallest absolute Gasteiger partial charge is 0.224 e. The fraction of sp³-hybridized carbons (Fsp3) is 0.500. The molecule has 1 aromatic rings. The molecule has 2 amide bonds. The van der Waals surface area contributed by atoms with Gasteiger partial charge in [0.25, 0.3) is 0 Å². The van der Waals surface area contributed by atoms with Crippen molar-refractivity contribution >= 4 is 11.8 Å². The van der Waals surface area contributed by atoms with Crippen LogP contribution >= 0.6 is 0 Å². The van der Waals surface area contributed by atoms with E-state index in [9.17, 15) is 9.59 Å². The number of likely N-dealkylation sites (tertiary alicyclic amines) is 1. The topological polar surface area (TPSA) is 75.4 Å². The molecule has 1 aliphatic heterocycles. The second-order valence-electron chi connectivity index (χ2n) is 5.48. The van der Waals surface area contributed by atoms with Gasteiger partial charge in [0.05, 0.1) is 6.42 Å². The Hall–Kier alpha value is -1.88. The maximum atomic E-state index is 12.0. The molecule has 0 unspecified atom stereocenters. The van der Waals surface area contributed by atoms with Crippen LogP contribution in [0.2, 0.25) is 0 Å². The molecule has 1 aromatic carbocycles. The molecule has 114 valence electrons. The van der Waals surface area contributed by atoms with Crippen molar-refractivity contribution in [3.63, 3.8) is 0 Å². The van der Waals surface area contributed by atoms with Gasteiger partial charge in [0, 0.05) is 32.1 Å². The number of hydrogen-bond donors (Lipinski definition) is 2. The molecule has 0 bridgehead atoms. The van der Waals surface area contributed by atoms with E-state index in [-0.39, 0.29) is 17.9 Å². The monoisotopic (exact) mass is 289 g/mol. The number of nitrogens with one attached hydrogen (secondary N) is 1. The van der Waals surface area contributed by atoms with Crippen molar-refractivity contribution in [1.29, 1.82) is 0 Å². The summed E-state index contributed by atoms with van der Waals surface area (Å²) in [6.07, 6.45) is 2.45. The molecule has 0 atom stereocenters. The molecule has 21 heavy (non-hydrogen) atoms. The van der Waals surface area contributed by atoms with Gasteiger partial charge < -0.3 is 16.0 Å². The Labute approximate surface area is 125 Å². The van der Waals surface area contributed by atoms with E-state index in [1.54, 1.807) is 0 Å². The Balaban J connectivity index is 1.64. The van der Waals surface area contributed by atoms with E-state index in [0.29, 0.717) is 19.4 Å². The summed E-state index contributed by atoms with van der Waals surface area (Å²) in [5.74, 6) is 0.0524. The number of rotatable bonds is 5. The van der Waals surface area contributed by atoms with E-state index in [2.05, 4.69) is 5.32 Å². The molecule has 0 aromatic heterocycles. The molecule has 3 N–H and O–H groups in total. The number of hydrogen-bond acceptors (Lipinski definition) is 3. The normalized spacial score (nSPS) is 15.8. The van der Waals surface area contributed by atoms with Gasteiger partial charge in [-0.2, -0.15) is 0 Å². The Kier molecular flexibility index (Phi) is 5.75. The van der Waals surface area contributed by atoms with Crippen molar-refractivity contribution in [3.05, 3.63) is 35.9 Å². The number of nitrogens with two attached hydrogens (primary N) is 1. The van der Waals surface area contributed by atoms with Crippen LogP contribution in [0, 0.1) is 0 Å². The Morgan fingerprint density at radius 1 is 1.19 bits per heavy atom. The van der Waals surface area contributed by atoms with Gasteiger partial charge in [0.1, 0.15) is 0 Å². The van der Waals surface area contributed by atoms with Crippen LogP contribution in [0.3, 0.4) is 0 Å². The Morgan fingerprint density at radius 3 is 2.52 bits per heavy atom. The van der Waals surface area contributed by atoms with Gasteiger partial charge >= 0.3 is 0 Å². The minimum atomic E-state index is -0.0466. The summed E-state index contributed by atoms with van der Waals surface area (Å²) in [4.78, 5) is 25.6. The molecule has 1 heterocycles. The van der Waals surface area contributed by atoms with Crippen molar-refractivity contribution in [3.8, 4) is 0 Å². The number of benzene rings is 1. The van der Waals surface area contributed by atoms with Gasteiger partial charge in [-0.3, -0.25) is 9.59 Å². The van der Waals surface area contributed by atoms with E-state index >= 15 is 0 Å². The lowest BCUT2D eigenvalue weighted by Gasteiger charge is -2.30. The third-order valence-electron chi connectivity index (χ3n) is 3.76. The van der Waals surface area contributed by atoms with E-state index < -0.39 is 0 Å². The summed E-state index contributed by atoms with van der Waals surface area (Å²) in [7, 11) is 0. The highest BCUT2D eigenvalue weighted by atomic mass is 16.2. The first kappa shape index (κ1) is 15.5. The fourth-order valence-electron chi connectivity index (χ4n) is 2.46. The van der Waals surface area contributed by atoms with Gasteiger partial charge in [-0.15, -0.1) is 0 Å². The van der Waals surface area contributed by atoms with Crippen LogP contribution in [0.15, 0.2) is 30.3 Å². The fourth-order valence-corrected chi connectivity index (χ4v) is 2.46. The molecule has 0 saturated carbocycles. The SMILES string of the molecule is NC1CCN(C(=O)CCNC(=O)Cc2ccccc2)CC1. The summed E-state index contributed by atoms with van der Waals surface area (Å²) in [5.41, 5.74) is 6.79. The van der Waals surface area contributed by atoms with Crippen LogP contribution in [0.5, 0.6) is 0 Å². The molecular formula is C16H23N3O2. The van der Waals surface area contributed by atoms with Gasteiger partial charge in [-0.1, -0.05) is 30.3 Å². The van der Waals surface area contributed by atoms with Crippen LogP contribution in [-0.4, -0.2) is 42.4 Å². The molecule has 5 heteroatoms. The minimum Gasteiger partial charge on any atom is -0.355 e. The molecule has 1 aliphatic rings. The van der Waals surface area contributed by atoms with Gasteiger partial charge in [0.2, 0.25) is 11.8 Å². The molecule has 2 rings (SSSR count). The predicted octanol–water partition coefficient (Wildman–Crippen LogP) is 0.685. The molecule has 0 radical (unpaired) electrons. The Bertz CT molecular complexity index is 468. The van der Waals surface area contributed by atoms with Crippen molar-refractivity contribution < 1.29 is 9.59 Å². The summed E-state index contributed by atoms with van der Waals surface area (Å²) in [6.45, 7) is 1.86. The molecule has 1 saturated heterocycles. The Morgan fingerprint density at radius 2 is 1.86 bits per heavy atom. The average Bonchev–Trinajstić information content (AvgIpc) is 2.49. The quantitative estimate of drug-likeness (QED) is 0.837. The van der Waals surface area contributed by atoms with Crippen LogP contribution in [-0.2, 0) is 16.0 Å². The predicted molar refractivity (Wildman–Crippen MR) is 81.6 cm³/mol. The lowest BCUT2D eigenvalue weighted by molar-refractivity contribution is -0.132. The zero-order chi connectivity index (χ0) is 15.1. The summed E-state index contributed by atoms with van der Waals surface area (Å²) < 4.78 is 0. The highest BCUT2D eigenvalue weighted by Crippen LogP contribution is 2.09. The van der Waals surface area contributed by atoms with Gasteiger partial charge in [0.15, 0.2) is 0 Å². The van der Waals surface area contributed by atoms with Crippen LogP contribution < -0.4 is 11.1 Å². The molecular weight excluding hydrogens is 266 g/mol. The van der Waals surface area contributed by atoms with E-state index in [0.717, 1.165) is 31.5 Å². The molecule has 0 aliphatic carbocycles. The summed E-state index contributed by atoms with van der Waals surface area (Å²) in [6, 6.07) is 9.80. The van der Waals surface area contributed by atoms with Crippen molar-refractivity contribution in [1.82, 2.24) is 10.2 Å². The molecule has 1 fully saturated rings. The maximum absolute atomic E-state index is 12.0. The zero-order valence-electron chi connectivity index (χ0n) is 12.3. The standard InChI is InChI=1S/C16H23N3O2/c17-14-7-10-19(11-8-14)16(21)6-9-18-15(20)12-13-4-2-1-3-5-13/h1-5,14H,6-12,17H2,(H,18,20). The van der Waals surface area contributed by atoms with Crippen molar-refractivity contribution in [2.75, 3.05) is 19.6 Å². The van der Waals surface area contributed by atoms with Crippen molar-refractivity contribution in [2.45, 2.75) is 31.7 Å². The van der Waals surface area contributed by atoms with Crippen molar-refractivity contribution in [2.24, 2.45) is 5.73 Å². The molecule has 5 nitrogen and oxygen atoms in total. The van der Waals surface area contributed by atoms with E-state index in [4.69, 9.17) is 5.73 Å². The zero-order valence-corrected chi connectivity index (χ0v) is 12.3. The first-order valence-electron chi connectivity index (χ1n) is 7.49. The number of piperidine rings is 1.